The van der Waals surface area contributed by atoms with Crippen molar-refractivity contribution in [3.8, 4) is 23.0 Å². The van der Waals surface area contributed by atoms with Gasteiger partial charge in [0.25, 0.3) is 0 Å². The van der Waals surface area contributed by atoms with Crippen molar-refractivity contribution in [1.82, 2.24) is 0 Å². The van der Waals surface area contributed by atoms with Gasteiger partial charge in [-0.05, 0) is 35.7 Å². The Kier molecular flexibility index (Phi) is 5.71. The minimum absolute atomic E-state index is 0.0947. The second-order valence-electron chi connectivity index (χ2n) is 5.57. The van der Waals surface area contributed by atoms with E-state index in [4.69, 9.17) is 9.47 Å². The largest absolute Gasteiger partial charge is 0.508 e. The number of carboxylic acid groups (broad SMARTS) is 1. The third-order valence-electron chi connectivity index (χ3n) is 4.06. The molecule has 0 aliphatic rings. The van der Waals surface area contributed by atoms with Crippen LogP contribution >= 0.6 is 0 Å². The third kappa shape index (κ3) is 3.56. The molecular formula is C19H20O7. The molecule has 7 nitrogen and oxygen atoms in total. The monoisotopic (exact) mass is 360 g/mol. The van der Waals surface area contributed by atoms with Gasteiger partial charge < -0.3 is 24.8 Å². The van der Waals surface area contributed by atoms with Crippen LogP contribution in [0, 0.1) is 0 Å². The van der Waals surface area contributed by atoms with Gasteiger partial charge in [0, 0.05) is 11.6 Å². The normalized spacial score (nSPS) is 10.4. The molecule has 2 aromatic rings. The molecular weight excluding hydrogens is 340 g/mol. The number of hydrogen-bond donors (Lipinski definition) is 3. The molecule has 0 saturated carbocycles. The number of aromatic hydroxyl groups is 2. The molecule has 7 heteroatoms. The lowest BCUT2D eigenvalue weighted by Gasteiger charge is -2.16. The number of carboxylic acids is 1. The third-order valence-corrected chi connectivity index (χ3v) is 4.06. The van der Waals surface area contributed by atoms with Crippen molar-refractivity contribution < 1.29 is 34.4 Å². The van der Waals surface area contributed by atoms with E-state index in [1.54, 1.807) is 13.0 Å². The van der Waals surface area contributed by atoms with Crippen molar-refractivity contribution in [2.24, 2.45) is 0 Å². The summed E-state index contributed by atoms with van der Waals surface area (Å²) in [5, 5.41) is 29.4. The first-order valence-electron chi connectivity index (χ1n) is 7.89. The van der Waals surface area contributed by atoms with Crippen molar-refractivity contribution >= 4 is 11.8 Å². The summed E-state index contributed by atoms with van der Waals surface area (Å²) >= 11 is 0. The number of carbonyl (C=O) groups excluding carboxylic acids is 1. The number of phenolic OH excluding ortho intramolecular Hbond substituents is 2. The fraction of sp³-hybridized carbons (Fsp3) is 0.263. The van der Waals surface area contributed by atoms with Gasteiger partial charge in [-0.3, -0.25) is 9.59 Å². The molecule has 0 fully saturated rings. The van der Waals surface area contributed by atoms with E-state index in [2.05, 4.69) is 0 Å². The van der Waals surface area contributed by atoms with Gasteiger partial charge in [0.1, 0.15) is 11.5 Å². The fourth-order valence-electron chi connectivity index (χ4n) is 2.86. The van der Waals surface area contributed by atoms with Crippen LogP contribution in [0.3, 0.4) is 0 Å². The number of carbonyl (C=O) groups is 2. The van der Waals surface area contributed by atoms with Crippen LogP contribution in [0.25, 0.3) is 0 Å². The number of rotatable bonds is 7. The lowest BCUT2D eigenvalue weighted by Crippen LogP contribution is -2.13. The van der Waals surface area contributed by atoms with Gasteiger partial charge in [0.15, 0.2) is 17.3 Å². The van der Waals surface area contributed by atoms with Crippen molar-refractivity contribution in [3.05, 3.63) is 46.5 Å². The molecule has 0 amide bonds. The smallest absolute Gasteiger partial charge is 0.307 e. The number of ketones is 1. The van der Waals surface area contributed by atoms with Crippen LogP contribution < -0.4 is 9.47 Å². The van der Waals surface area contributed by atoms with E-state index in [1.165, 1.54) is 26.4 Å². The zero-order valence-electron chi connectivity index (χ0n) is 14.7. The predicted octanol–water partition coefficient (Wildman–Crippen LogP) is 2.54. The predicted molar refractivity (Wildman–Crippen MR) is 93.5 cm³/mol. The van der Waals surface area contributed by atoms with Crippen molar-refractivity contribution in [1.29, 1.82) is 0 Å². The van der Waals surface area contributed by atoms with E-state index >= 15 is 0 Å². The van der Waals surface area contributed by atoms with E-state index < -0.39 is 23.9 Å². The van der Waals surface area contributed by atoms with Gasteiger partial charge in [0.05, 0.1) is 26.2 Å². The van der Waals surface area contributed by atoms with Gasteiger partial charge in [-0.2, -0.15) is 0 Å². The van der Waals surface area contributed by atoms with E-state index in [9.17, 15) is 24.9 Å². The van der Waals surface area contributed by atoms with Crippen LogP contribution in [0.1, 0.15) is 34.0 Å². The molecule has 0 heterocycles. The zero-order valence-corrected chi connectivity index (χ0v) is 14.7. The Morgan fingerprint density at radius 2 is 1.62 bits per heavy atom. The van der Waals surface area contributed by atoms with Gasteiger partial charge >= 0.3 is 5.97 Å². The highest BCUT2D eigenvalue weighted by Crippen LogP contribution is 2.36. The topological polar surface area (TPSA) is 113 Å². The van der Waals surface area contributed by atoms with Crippen molar-refractivity contribution in [2.45, 2.75) is 19.8 Å². The second-order valence-corrected chi connectivity index (χ2v) is 5.57. The van der Waals surface area contributed by atoms with Crippen molar-refractivity contribution in [2.75, 3.05) is 14.2 Å². The number of hydrogen-bond acceptors (Lipinski definition) is 6. The quantitative estimate of drug-likeness (QED) is 0.650. The summed E-state index contributed by atoms with van der Waals surface area (Å²) in [6.07, 6.45) is -0.194. The van der Waals surface area contributed by atoms with Gasteiger partial charge in [-0.25, -0.2) is 0 Å². The SMILES string of the molecule is CCc1c(O)cc(O)c(C(=O)c2ccc(OC)c(OC)c2)c1CC(=O)O. The van der Waals surface area contributed by atoms with E-state index in [1.807, 2.05) is 0 Å². The molecule has 0 aromatic heterocycles. The van der Waals surface area contributed by atoms with Crippen LogP contribution in [0.4, 0.5) is 0 Å². The Balaban J connectivity index is 2.67. The molecule has 26 heavy (non-hydrogen) atoms. The van der Waals surface area contributed by atoms with Gasteiger partial charge in [0.2, 0.25) is 0 Å². The molecule has 2 rings (SSSR count). The maximum atomic E-state index is 13.0. The summed E-state index contributed by atoms with van der Waals surface area (Å²) in [5.74, 6) is -1.72. The molecule has 0 spiro atoms. The Morgan fingerprint density at radius 3 is 2.15 bits per heavy atom. The highest BCUT2D eigenvalue weighted by Gasteiger charge is 2.25. The lowest BCUT2D eigenvalue weighted by atomic mass is 9.90. The van der Waals surface area contributed by atoms with Crippen molar-refractivity contribution in [3.63, 3.8) is 0 Å². The summed E-state index contributed by atoms with van der Waals surface area (Å²) < 4.78 is 10.3. The fourth-order valence-corrected chi connectivity index (χ4v) is 2.86. The number of aliphatic carboxylic acids is 1. The van der Waals surface area contributed by atoms with Gasteiger partial charge in [-0.1, -0.05) is 6.92 Å². The summed E-state index contributed by atoms with van der Waals surface area (Å²) in [7, 11) is 2.89. The molecule has 0 bridgehead atoms. The molecule has 138 valence electrons. The molecule has 0 aliphatic heterocycles. The Morgan fingerprint density at radius 1 is 0.962 bits per heavy atom. The first-order valence-corrected chi connectivity index (χ1v) is 7.89. The Labute approximate surface area is 150 Å². The maximum absolute atomic E-state index is 13.0. The summed E-state index contributed by atoms with van der Waals surface area (Å²) in [6.45, 7) is 1.72. The zero-order chi connectivity index (χ0) is 19.4. The average Bonchev–Trinajstić information content (AvgIpc) is 2.60. The molecule has 3 N–H and O–H groups in total. The maximum Gasteiger partial charge on any atom is 0.307 e. The lowest BCUT2D eigenvalue weighted by molar-refractivity contribution is -0.136. The first-order chi connectivity index (χ1) is 12.3. The minimum Gasteiger partial charge on any atom is -0.508 e. The molecule has 0 radical (unpaired) electrons. The number of methoxy groups -OCH3 is 2. The van der Waals surface area contributed by atoms with Crippen LogP contribution in [0.5, 0.6) is 23.0 Å². The second kappa shape index (κ2) is 7.77. The van der Waals surface area contributed by atoms with Crippen LogP contribution in [0.2, 0.25) is 0 Å². The number of phenols is 2. The van der Waals surface area contributed by atoms with E-state index in [0.29, 0.717) is 23.5 Å². The van der Waals surface area contributed by atoms with E-state index in [-0.39, 0.29) is 22.4 Å². The Hall–Kier alpha value is -3.22. The number of benzene rings is 2. The molecule has 2 aromatic carbocycles. The number of ether oxygens (including phenoxy) is 2. The Bertz CT molecular complexity index is 855. The summed E-state index contributed by atoms with van der Waals surface area (Å²) in [4.78, 5) is 24.2. The standard InChI is InChI=1S/C19H20O7/c1-4-11-12(8-17(22)23)18(14(21)9-13(11)20)19(24)10-5-6-15(25-2)16(7-10)26-3/h5-7,9,20-21H,4,8H2,1-3H3,(H,22,23). The summed E-state index contributed by atoms with van der Waals surface area (Å²) in [6, 6.07) is 5.54. The van der Waals surface area contributed by atoms with Crippen LogP contribution in [-0.2, 0) is 17.6 Å². The highest BCUT2D eigenvalue weighted by molar-refractivity contribution is 6.12. The first kappa shape index (κ1) is 19.1. The van der Waals surface area contributed by atoms with Gasteiger partial charge in [-0.15, -0.1) is 0 Å². The summed E-state index contributed by atoms with van der Waals surface area (Å²) in [5.41, 5.74) is 0.456. The van der Waals surface area contributed by atoms with E-state index in [0.717, 1.165) is 6.07 Å². The molecule has 0 aliphatic carbocycles. The minimum atomic E-state index is -1.17. The average molecular weight is 360 g/mol. The van der Waals surface area contributed by atoms with Crippen LogP contribution in [-0.4, -0.2) is 41.3 Å². The van der Waals surface area contributed by atoms with Crippen LogP contribution in [0.15, 0.2) is 24.3 Å². The highest BCUT2D eigenvalue weighted by atomic mass is 16.5. The molecule has 0 unspecified atom stereocenters. The molecule has 0 atom stereocenters. The molecule has 0 saturated heterocycles.